The van der Waals surface area contributed by atoms with Crippen LogP contribution in [-0.2, 0) is 20.3 Å². The van der Waals surface area contributed by atoms with E-state index in [0.717, 1.165) is 22.3 Å². The fraction of sp³-hybridized carbons (Fsp3) is 0.400. The lowest BCUT2D eigenvalue weighted by atomic mass is 9.86. The van der Waals surface area contributed by atoms with E-state index < -0.39 is 0 Å². The van der Waals surface area contributed by atoms with Gasteiger partial charge in [0, 0.05) is 0 Å². The van der Waals surface area contributed by atoms with Crippen molar-refractivity contribution >= 4 is 0 Å². The predicted molar refractivity (Wildman–Crippen MR) is 142 cm³/mol. The summed E-state index contributed by atoms with van der Waals surface area (Å²) in [5.41, 5.74) is 20.3. The summed E-state index contributed by atoms with van der Waals surface area (Å²) in [6.07, 6.45) is -0.939. The standard InChI is InChI=1S/C30H38N4O2/c1-29(2,3)23-14-10-19(11-15-23)25-31-33-27(35-25)21-8-7-9-22(18-21)28-34-32-26(36-28)20-12-16-24(17-13-20)30(4,5)6/h7-18,25-28,31-34H,1-6H3/t25-,26?,27?,28-/m1/s1. The minimum Gasteiger partial charge on any atom is -0.334 e. The number of hydrogen-bond donors (Lipinski definition) is 4. The van der Waals surface area contributed by atoms with Gasteiger partial charge in [0.1, 0.15) is 24.9 Å². The van der Waals surface area contributed by atoms with Crippen LogP contribution in [-0.4, -0.2) is 0 Å². The molecule has 0 saturated carbocycles. The summed E-state index contributed by atoms with van der Waals surface area (Å²) in [5.74, 6) is 0. The van der Waals surface area contributed by atoms with E-state index in [-0.39, 0.29) is 35.7 Å². The van der Waals surface area contributed by atoms with Crippen LogP contribution < -0.4 is 21.7 Å². The molecule has 6 nitrogen and oxygen atoms in total. The molecule has 190 valence electrons. The number of hydrazine groups is 2. The molecule has 0 radical (unpaired) electrons. The Morgan fingerprint density at radius 2 is 0.806 bits per heavy atom. The molecule has 0 bridgehead atoms. The molecule has 3 aromatic carbocycles. The Labute approximate surface area is 214 Å². The van der Waals surface area contributed by atoms with Gasteiger partial charge in [-0.2, -0.15) is 0 Å². The Hall–Kier alpha value is -2.58. The molecule has 5 rings (SSSR count). The highest BCUT2D eigenvalue weighted by molar-refractivity contribution is 5.32. The van der Waals surface area contributed by atoms with Crippen LogP contribution in [0.3, 0.4) is 0 Å². The van der Waals surface area contributed by atoms with E-state index in [4.69, 9.17) is 9.47 Å². The highest BCUT2D eigenvalue weighted by Crippen LogP contribution is 2.33. The van der Waals surface area contributed by atoms with E-state index in [1.165, 1.54) is 11.1 Å². The molecule has 4 atom stereocenters. The first-order valence-corrected chi connectivity index (χ1v) is 12.7. The summed E-state index contributed by atoms with van der Waals surface area (Å²) < 4.78 is 12.6. The summed E-state index contributed by atoms with van der Waals surface area (Å²) in [4.78, 5) is 0. The molecular weight excluding hydrogens is 448 g/mol. The van der Waals surface area contributed by atoms with Crippen LogP contribution in [0.5, 0.6) is 0 Å². The van der Waals surface area contributed by atoms with Crippen molar-refractivity contribution in [3.63, 3.8) is 0 Å². The molecule has 0 aromatic heterocycles. The maximum Gasteiger partial charge on any atom is 0.149 e. The van der Waals surface area contributed by atoms with Crippen molar-refractivity contribution in [2.24, 2.45) is 0 Å². The minimum absolute atomic E-state index is 0.129. The molecule has 2 fully saturated rings. The van der Waals surface area contributed by atoms with E-state index in [1.54, 1.807) is 0 Å². The molecule has 0 amide bonds. The van der Waals surface area contributed by atoms with Crippen molar-refractivity contribution in [3.8, 4) is 0 Å². The molecule has 2 aliphatic rings. The van der Waals surface area contributed by atoms with Crippen molar-refractivity contribution in [3.05, 3.63) is 106 Å². The molecule has 6 heteroatoms. The molecule has 0 spiro atoms. The number of hydrogen-bond acceptors (Lipinski definition) is 6. The summed E-state index contributed by atoms with van der Waals surface area (Å²) in [7, 11) is 0. The SMILES string of the molecule is CC(C)(C)c1ccc(C2NN[C@@H](c3cccc(C4NN[C@@H](c5ccc(C(C)(C)C)cc5)O4)c3)O2)cc1. The van der Waals surface area contributed by atoms with Gasteiger partial charge in [0.15, 0.2) is 0 Å². The third kappa shape index (κ3) is 5.39. The summed E-state index contributed by atoms with van der Waals surface area (Å²) >= 11 is 0. The quantitative estimate of drug-likeness (QED) is 0.367. The van der Waals surface area contributed by atoms with Gasteiger partial charge in [0.05, 0.1) is 0 Å². The highest BCUT2D eigenvalue weighted by Gasteiger charge is 2.30. The van der Waals surface area contributed by atoms with Gasteiger partial charge in [-0.1, -0.05) is 108 Å². The Bertz CT molecular complexity index is 1090. The Balaban J connectivity index is 1.23. The first kappa shape index (κ1) is 25.1. The van der Waals surface area contributed by atoms with Crippen molar-refractivity contribution < 1.29 is 9.47 Å². The maximum atomic E-state index is 6.31. The zero-order valence-corrected chi connectivity index (χ0v) is 22.1. The normalized spacial score (nSPS) is 24.8. The molecular formula is C30H38N4O2. The van der Waals surface area contributed by atoms with Crippen LogP contribution >= 0.6 is 0 Å². The number of rotatable bonds is 4. The summed E-state index contributed by atoms with van der Waals surface area (Å²) in [6, 6.07) is 25.5. The Kier molecular flexibility index (Phi) is 6.76. The zero-order valence-electron chi connectivity index (χ0n) is 22.1. The van der Waals surface area contributed by atoms with Gasteiger partial charge in [-0.3, -0.25) is 0 Å². The van der Waals surface area contributed by atoms with Crippen LogP contribution in [0.4, 0.5) is 0 Å². The monoisotopic (exact) mass is 486 g/mol. The largest absolute Gasteiger partial charge is 0.334 e. The van der Waals surface area contributed by atoms with Gasteiger partial charge in [-0.25, -0.2) is 21.7 Å². The van der Waals surface area contributed by atoms with E-state index in [2.05, 4.69) is 130 Å². The number of nitrogens with one attached hydrogen (secondary N) is 4. The van der Waals surface area contributed by atoms with Crippen LogP contribution in [0, 0.1) is 0 Å². The predicted octanol–water partition coefficient (Wildman–Crippen LogP) is 5.93. The van der Waals surface area contributed by atoms with Gasteiger partial charge in [0.2, 0.25) is 0 Å². The second-order valence-electron chi connectivity index (χ2n) is 11.8. The van der Waals surface area contributed by atoms with Crippen molar-refractivity contribution in [1.29, 1.82) is 0 Å². The second kappa shape index (κ2) is 9.71. The molecule has 2 heterocycles. The lowest BCUT2D eigenvalue weighted by molar-refractivity contribution is 0.0304. The van der Waals surface area contributed by atoms with Gasteiger partial charge in [0.25, 0.3) is 0 Å². The minimum atomic E-state index is -0.257. The van der Waals surface area contributed by atoms with Gasteiger partial charge in [-0.05, 0) is 50.3 Å². The van der Waals surface area contributed by atoms with Crippen molar-refractivity contribution in [1.82, 2.24) is 21.7 Å². The Morgan fingerprint density at radius 3 is 1.14 bits per heavy atom. The molecule has 4 N–H and O–H groups in total. The fourth-order valence-electron chi connectivity index (χ4n) is 4.56. The lowest BCUT2D eigenvalue weighted by Gasteiger charge is -2.20. The lowest BCUT2D eigenvalue weighted by Crippen LogP contribution is -2.27. The van der Waals surface area contributed by atoms with Gasteiger partial charge >= 0.3 is 0 Å². The average molecular weight is 487 g/mol. The molecule has 0 aliphatic carbocycles. The molecule has 2 saturated heterocycles. The number of ether oxygens (including phenoxy) is 2. The van der Waals surface area contributed by atoms with Crippen LogP contribution in [0.25, 0.3) is 0 Å². The Morgan fingerprint density at radius 1 is 0.472 bits per heavy atom. The third-order valence-corrected chi connectivity index (χ3v) is 6.91. The summed E-state index contributed by atoms with van der Waals surface area (Å²) in [5, 5.41) is 0. The van der Waals surface area contributed by atoms with E-state index in [0.29, 0.717) is 0 Å². The highest BCUT2D eigenvalue weighted by atomic mass is 16.6. The molecule has 2 aliphatic heterocycles. The molecule has 36 heavy (non-hydrogen) atoms. The maximum absolute atomic E-state index is 6.31. The molecule has 2 unspecified atom stereocenters. The van der Waals surface area contributed by atoms with Crippen LogP contribution in [0.1, 0.15) is 99.8 Å². The number of benzene rings is 3. The van der Waals surface area contributed by atoms with E-state index in [1.807, 2.05) is 6.07 Å². The second-order valence-corrected chi connectivity index (χ2v) is 11.8. The third-order valence-electron chi connectivity index (χ3n) is 6.91. The van der Waals surface area contributed by atoms with E-state index >= 15 is 0 Å². The van der Waals surface area contributed by atoms with Gasteiger partial charge in [-0.15, -0.1) is 0 Å². The van der Waals surface area contributed by atoms with Crippen LogP contribution in [0.2, 0.25) is 0 Å². The average Bonchev–Trinajstić information content (AvgIpc) is 3.54. The topological polar surface area (TPSA) is 66.6 Å². The fourth-order valence-corrected chi connectivity index (χ4v) is 4.56. The zero-order chi connectivity index (χ0) is 25.5. The molecule has 3 aromatic rings. The summed E-state index contributed by atoms with van der Waals surface area (Å²) in [6.45, 7) is 13.3. The van der Waals surface area contributed by atoms with E-state index in [9.17, 15) is 0 Å². The smallest absolute Gasteiger partial charge is 0.149 e. The van der Waals surface area contributed by atoms with Crippen molar-refractivity contribution in [2.45, 2.75) is 77.3 Å². The van der Waals surface area contributed by atoms with Gasteiger partial charge < -0.3 is 9.47 Å². The first-order chi connectivity index (χ1) is 17.1. The van der Waals surface area contributed by atoms with Crippen molar-refractivity contribution in [2.75, 3.05) is 0 Å². The van der Waals surface area contributed by atoms with Crippen LogP contribution in [0.15, 0.2) is 72.8 Å². The first-order valence-electron chi connectivity index (χ1n) is 12.7.